The minimum Gasteiger partial charge on any atom is 0 e. The molecule has 0 N–H and O–H groups in total. The largest absolute Gasteiger partial charge is 0 e. The summed E-state index contributed by atoms with van der Waals surface area (Å²) in [5.41, 5.74) is 0. The second-order valence-electron chi connectivity index (χ2n) is 9.62. The van der Waals surface area contributed by atoms with Crippen molar-refractivity contribution in [2.24, 2.45) is 0 Å². The fourth-order valence-corrected chi connectivity index (χ4v) is 5.65. The van der Waals surface area contributed by atoms with Gasteiger partial charge in [0.15, 0.2) is 0 Å². The lowest BCUT2D eigenvalue weighted by atomic mass is 8.29. The third-order valence-corrected chi connectivity index (χ3v) is 7.11. The smallest absolute Gasteiger partial charge is 0 e. The molecule has 0 aromatic carbocycles. The zero-order valence-corrected chi connectivity index (χ0v) is 20.8. The van der Waals surface area contributed by atoms with Gasteiger partial charge in [-0.3, -0.25) is 0 Å². The molecule has 108 valence electrons. The van der Waals surface area contributed by atoms with Crippen LogP contribution in [0, 0.1) is 0 Å². The van der Waals surface area contributed by atoms with E-state index in [4.69, 9.17) is 139 Å². The Morgan fingerprint density at radius 3 is 0.611 bits per heavy atom. The number of rotatable bonds is 17. The Hall–Kier alpha value is 2.34. The molecule has 0 aromatic heterocycles. The molecule has 0 saturated heterocycles. The van der Waals surface area contributed by atoms with Crippen molar-refractivity contribution in [3.8, 4) is 0 Å². The van der Waals surface area contributed by atoms with Gasteiger partial charge >= 0.3 is 0 Å². The Balaban J connectivity index is 7.74. The minimum absolute atomic E-state index is 0.884. The molecule has 0 aromatic rings. The molecule has 0 nitrogen and oxygen atoms in total. The van der Waals surface area contributed by atoms with Crippen LogP contribution in [0.2, 0.25) is 0 Å². The van der Waals surface area contributed by atoms with E-state index in [1.54, 1.807) is 0 Å². The summed E-state index contributed by atoms with van der Waals surface area (Å²) in [5.74, 6) is 0. The molecule has 0 aliphatic heterocycles. The average molecular weight is 389 g/mol. The van der Waals surface area contributed by atoms with Crippen molar-refractivity contribution in [2.45, 2.75) is 0 Å². The van der Waals surface area contributed by atoms with Crippen LogP contribution in [0.1, 0.15) is 0 Å². The van der Waals surface area contributed by atoms with Crippen LogP contribution >= 0.6 is 0 Å². The zero-order valence-electron chi connectivity index (χ0n) is 20.8. The van der Waals surface area contributed by atoms with Crippen LogP contribution in [0.5, 0.6) is 0 Å². The van der Waals surface area contributed by atoms with Gasteiger partial charge in [0.1, 0.15) is 0 Å². The summed E-state index contributed by atoms with van der Waals surface area (Å²) in [5, 5.41) is 0. The van der Waals surface area contributed by atoms with E-state index in [9.17, 15) is 0 Å². The second kappa shape index (κ2) is 18.0. The van der Waals surface area contributed by atoms with E-state index in [-0.39, 0.29) is 0 Å². The highest BCUT2D eigenvalue weighted by atomic mass is 13.4. The fourth-order valence-electron chi connectivity index (χ4n) is 5.65. The molecular weight excluding hydrogens is 389 g/mol. The van der Waals surface area contributed by atoms with Crippen LogP contribution in [0.4, 0.5) is 0 Å². The van der Waals surface area contributed by atoms with Crippen molar-refractivity contribution in [2.75, 3.05) is 0 Å². The van der Waals surface area contributed by atoms with Gasteiger partial charge < -0.3 is 0 Å². The summed E-state index contributed by atoms with van der Waals surface area (Å²) in [4.78, 5) is 0. The standard InChI is InChI=1S/B36/c1-19-28(17)34(31(23(7)8)24(9)10)36(33(27(15)16)30(21(3)4)22(5)6)35(29(18)20-2)32(25(11)12)26(13)14. The predicted molar refractivity (Wildman–Crippen MR) is 207 cm³/mol. The van der Waals surface area contributed by atoms with Gasteiger partial charge in [0.2, 0.25) is 0 Å². The fraction of sp³-hybridized carbons (Fsp3) is 0. The van der Waals surface area contributed by atoms with Crippen LogP contribution < -0.4 is 0 Å². The van der Waals surface area contributed by atoms with Crippen LogP contribution in [0.25, 0.3) is 0 Å². The van der Waals surface area contributed by atoms with E-state index in [0.29, 0.717) is 0 Å². The van der Waals surface area contributed by atoms with Crippen LogP contribution in [-0.2, 0) is 0 Å². The maximum absolute atomic E-state index is 6.50. The number of hydrogen-bond acceptors (Lipinski definition) is 0. The average Bonchev–Trinajstić information content (AvgIpc) is 2.73. The van der Waals surface area contributed by atoms with E-state index in [2.05, 4.69) is 0 Å². The summed E-state index contributed by atoms with van der Waals surface area (Å²) in [7, 11) is 113. The van der Waals surface area contributed by atoms with Gasteiger partial charge in [-0.15, -0.1) is 0 Å². The first-order valence-electron chi connectivity index (χ1n) is 11.7. The van der Waals surface area contributed by atoms with Gasteiger partial charge in [0.25, 0.3) is 0 Å². The second-order valence-corrected chi connectivity index (χ2v) is 9.62. The summed E-state index contributed by atoms with van der Waals surface area (Å²) >= 11 is 0. The lowest BCUT2D eigenvalue weighted by Gasteiger charge is -2.52. The van der Waals surface area contributed by atoms with Gasteiger partial charge in [-0.25, -0.2) is 0 Å². The minimum atomic E-state index is -1.16. The van der Waals surface area contributed by atoms with E-state index >= 15 is 0 Å². The van der Waals surface area contributed by atoms with Crippen molar-refractivity contribution in [3.63, 3.8) is 0 Å². The molecule has 0 aliphatic rings. The van der Waals surface area contributed by atoms with Gasteiger partial charge in [0.05, 0.1) is 0 Å². The Kier molecular flexibility index (Phi) is 19.2. The predicted octanol–water partition coefficient (Wildman–Crippen LogP) is -13.7. The maximum Gasteiger partial charge on any atom is 0 e. The number of hydrogen-bond donors (Lipinski definition) is 0. The van der Waals surface area contributed by atoms with E-state index in [0.717, 1.165) is 0 Å². The van der Waals surface area contributed by atoms with Gasteiger partial charge in [0, 0.05) is 256 Å². The van der Waals surface area contributed by atoms with Crippen molar-refractivity contribution in [3.05, 3.63) is 0 Å². The third kappa shape index (κ3) is 10.3. The van der Waals surface area contributed by atoms with Gasteiger partial charge in [-0.05, 0) is 0 Å². The molecule has 0 atom stereocenters. The first kappa shape index (κ1) is 38.3. The molecule has 0 unspecified atom stereocenters. The molecule has 0 saturated carbocycles. The van der Waals surface area contributed by atoms with E-state index in [1.807, 2.05) is 0 Å². The van der Waals surface area contributed by atoms with Crippen LogP contribution in [-0.4, -0.2) is 256 Å². The Bertz CT molecular complexity index is 492. The maximum atomic E-state index is 6.50. The summed E-state index contributed by atoms with van der Waals surface area (Å²) in [6.45, 7) is 0. The SMILES string of the molecule is [B][B]B([B])B(B(B([B])[B])B([B])[B])B(B(B([B])[B])B(B([B])[B])B([B])[B])B(B([B])[B][B])B(B([B])[B])B([B])[B]. The van der Waals surface area contributed by atoms with E-state index < -0.39 is 102 Å². The lowest BCUT2D eigenvalue weighted by Crippen LogP contribution is -2.90. The molecule has 38 radical (unpaired) electrons. The highest BCUT2D eigenvalue weighted by Gasteiger charge is 2.54. The molecule has 0 spiro atoms. The Morgan fingerprint density at radius 1 is 0.250 bits per heavy atom. The summed E-state index contributed by atoms with van der Waals surface area (Å²) in [6.07, 6.45) is -16.0. The molecule has 36 heteroatoms. The molecule has 0 heterocycles. The first-order chi connectivity index (χ1) is 16.5. The Labute approximate surface area is 254 Å². The van der Waals surface area contributed by atoms with Crippen molar-refractivity contribution in [1.82, 2.24) is 0 Å². The van der Waals surface area contributed by atoms with Gasteiger partial charge in [-0.1, -0.05) is 0 Å². The zero-order chi connectivity index (χ0) is 28.7. The normalized spacial score (nSPS) is 9.44. The summed E-state index contributed by atoms with van der Waals surface area (Å²) in [6, 6.07) is 0. The molecular formula is B36. The van der Waals surface area contributed by atoms with Crippen molar-refractivity contribution in [1.29, 1.82) is 0 Å². The molecule has 36 heavy (non-hydrogen) atoms. The van der Waals surface area contributed by atoms with Crippen molar-refractivity contribution >= 4 is 256 Å². The Morgan fingerprint density at radius 2 is 0.444 bits per heavy atom. The van der Waals surface area contributed by atoms with Crippen LogP contribution in [0.15, 0.2) is 0 Å². The quantitative estimate of drug-likeness (QED) is 0.217. The topological polar surface area (TPSA) is 0 Å². The van der Waals surface area contributed by atoms with Gasteiger partial charge in [-0.2, -0.15) is 0 Å². The summed E-state index contributed by atoms with van der Waals surface area (Å²) < 4.78 is 0. The van der Waals surface area contributed by atoms with E-state index in [1.165, 1.54) is 14.1 Å². The molecule has 0 bridgehead atoms. The van der Waals surface area contributed by atoms with Crippen molar-refractivity contribution < 1.29 is 0 Å². The third-order valence-electron chi connectivity index (χ3n) is 7.11. The molecule has 0 aliphatic carbocycles. The lowest BCUT2D eigenvalue weighted by molar-refractivity contribution is 3.23. The molecule has 0 fully saturated rings. The highest BCUT2D eigenvalue weighted by Crippen LogP contribution is 2.16. The molecule has 0 amide bonds. The first-order valence-corrected chi connectivity index (χ1v) is 11.7. The monoisotopic (exact) mass is 396 g/mol. The van der Waals surface area contributed by atoms with Crippen LogP contribution in [0.3, 0.4) is 0 Å². The highest BCUT2D eigenvalue weighted by molar-refractivity contribution is 8.29. The molecule has 0 rings (SSSR count).